The Hall–Kier alpha value is -1.99. The smallest absolute Gasteiger partial charge is 0.287 e. The summed E-state index contributed by atoms with van der Waals surface area (Å²) in [5, 5.41) is 2.93. The molecule has 0 unspecified atom stereocenters. The molecule has 0 saturated heterocycles. The van der Waals surface area contributed by atoms with Gasteiger partial charge in [0, 0.05) is 31.7 Å². The molecule has 1 amide bonds. The van der Waals surface area contributed by atoms with Crippen LogP contribution < -0.4 is 14.8 Å². The molecule has 1 aliphatic heterocycles. The van der Waals surface area contributed by atoms with Crippen molar-refractivity contribution in [2.24, 2.45) is 0 Å². The molecule has 1 aromatic carbocycles. The maximum atomic E-state index is 12.2. The van der Waals surface area contributed by atoms with Crippen LogP contribution >= 0.6 is 15.9 Å². The van der Waals surface area contributed by atoms with E-state index in [9.17, 15) is 4.79 Å². The molecule has 0 radical (unpaired) electrons. The minimum atomic E-state index is -0.183. The minimum absolute atomic E-state index is 0.183. The summed E-state index contributed by atoms with van der Waals surface area (Å²) in [4.78, 5) is 14.5. The van der Waals surface area contributed by atoms with Gasteiger partial charge in [-0.15, -0.1) is 0 Å². The maximum absolute atomic E-state index is 12.2. The van der Waals surface area contributed by atoms with Crippen LogP contribution in [0.4, 0.5) is 0 Å². The zero-order valence-corrected chi connectivity index (χ0v) is 16.8. The maximum Gasteiger partial charge on any atom is 0.287 e. The molecule has 7 heteroatoms. The van der Waals surface area contributed by atoms with Gasteiger partial charge in [0.1, 0.15) is 0 Å². The SMILES string of the molecule is COc1cc2c(cc1OC)CN(CCNC(=O)c1oc(Br)cc1C)CC2. The summed E-state index contributed by atoms with van der Waals surface area (Å²) in [5.74, 6) is 1.70. The lowest BCUT2D eigenvalue weighted by molar-refractivity contribution is 0.0917. The zero-order valence-electron chi connectivity index (χ0n) is 15.2. The molecular formula is C19H23BrN2O4. The predicted molar refractivity (Wildman–Crippen MR) is 102 cm³/mol. The average Bonchev–Trinajstić information content (AvgIpc) is 2.98. The van der Waals surface area contributed by atoms with Gasteiger partial charge in [0.25, 0.3) is 5.91 Å². The Labute approximate surface area is 161 Å². The van der Waals surface area contributed by atoms with Crippen molar-refractivity contribution >= 4 is 21.8 Å². The van der Waals surface area contributed by atoms with Crippen LogP contribution in [0.25, 0.3) is 0 Å². The van der Waals surface area contributed by atoms with Crippen LogP contribution in [0.3, 0.4) is 0 Å². The molecular weight excluding hydrogens is 400 g/mol. The molecule has 1 N–H and O–H groups in total. The van der Waals surface area contributed by atoms with Crippen molar-refractivity contribution < 1.29 is 18.7 Å². The van der Waals surface area contributed by atoms with Crippen LogP contribution in [-0.4, -0.2) is 44.7 Å². The number of hydrogen-bond donors (Lipinski definition) is 1. The van der Waals surface area contributed by atoms with Crippen molar-refractivity contribution in [3.63, 3.8) is 0 Å². The normalized spacial score (nSPS) is 14.0. The van der Waals surface area contributed by atoms with Crippen LogP contribution in [0.5, 0.6) is 11.5 Å². The van der Waals surface area contributed by atoms with Gasteiger partial charge in [0.05, 0.1) is 14.2 Å². The third kappa shape index (κ3) is 4.04. The summed E-state index contributed by atoms with van der Waals surface area (Å²) in [5.41, 5.74) is 3.35. The van der Waals surface area contributed by atoms with Gasteiger partial charge in [0.15, 0.2) is 21.9 Å². The first kappa shape index (κ1) is 18.8. The van der Waals surface area contributed by atoms with E-state index in [0.717, 1.165) is 43.1 Å². The van der Waals surface area contributed by atoms with E-state index in [-0.39, 0.29) is 5.91 Å². The highest BCUT2D eigenvalue weighted by atomic mass is 79.9. The molecule has 0 saturated carbocycles. The molecule has 26 heavy (non-hydrogen) atoms. The van der Waals surface area contributed by atoms with Crippen LogP contribution in [-0.2, 0) is 13.0 Å². The number of benzene rings is 1. The lowest BCUT2D eigenvalue weighted by atomic mass is 9.99. The summed E-state index contributed by atoms with van der Waals surface area (Å²) < 4.78 is 16.7. The fraction of sp³-hybridized carbons (Fsp3) is 0.421. The molecule has 3 rings (SSSR count). The van der Waals surface area contributed by atoms with Crippen molar-refractivity contribution in [3.05, 3.63) is 45.3 Å². The molecule has 0 bridgehead atoms. The molecule has 2 heterocycles. The number of rotatable bonds is 6. The van der Waals surface area contributed by atoms with E-state index >= 15 is 0 Å². The third-order valence-electron chi connectivity index (χ3n) is 4.60. The first-order valence-corrected chi connectivity index (χ1v) is 9.31. The number of hydrogen-bond acceptors (Lipinski definition) is 5. The summed E-state index contributed by atoms with van der Waals surface area (Å²) in [6.45, 7) is 4.98. The number of fused-ring (bicyclic) bond motifs is 1. The standard InChI is InChI=1S/C19H23BrN2O4/c1-12-8-17(20)26-18(12)19(23)21-5-7-22-6-4-13-9-15(24-2)16(25-3)10-14(13)11-22/h8-10H,4-7,11H2,1-3H3,(H,21,23). The number of halogens is 1. The molecule has 2 aromatic rings. The fourth-order valence-corrected chi connectivity index (χ4v) is 3.71. The van der Waals surface area contributed by atoms with Gasteiger partial charge in [-0.2, -0.15) is 0 Å². The number of amides is 1. The second kappa shape index (κ2) is 8.14. The summed E-state index contributed by atoms with van der Waals surface area (Å²) in [6.07, 6.45) is 0.952. The molecule has 140 valence electrons. The lowest BCUT2D eigenvalue weighted by Gasteiger charge is -2.29. The highest BCUT2D eigenvalue weighted by Crippen LogP contribution is 2.33. The van der Waals surface area contributed by atoms with Crippen molar-refractivity contribution in [2.45, 2.75) is 19.9 Å². The van der Waals surface area contributed by atoms with E-state index in [1.807, 2.05) is 13.0 Å². The quantitative estimate of drug-likeness (QED) is 0.774. The van der Waals surface area contributed by atoms with Crippen molar-refractivity contribution in [3.8, 4) is 11.5 Å². The Bertz CT molecular complexity index is 803. The Morgan fingerprint density at radius 3 is 2.54 bits per heavy atom. The van der Waals surface area contributed by atoms with Gasteiger partial charge in [-0.05, 0) is 58.6 Å². The largest absolute Gasteiger partial charge is 0.493 e. The van der Waals surface area contributed by atoms with E-state index in [2.05, 4.69) is 32.2 Å². The monoisotopic (exact) mass is 422 g/mol. The van der Waals surface area contributed by atoms with Crippen molar-refractivity contribution in [2.75, 3.05) is 33.9 Å². The van der Waals surface area contributed by atoms with E-state index < -0.39 is 0 Å². The van der Waals surface area contributed by atoms with Crippen LogP contribution in [0, 0.1) is 6.92 Å². The predicted octanol–water partition coefficient (Wildman–Crippen LogP) is 3.16. The molecule has 0 spiro atoms. The Morgan fingerprint density at radius 2 is 1.92 bits per heavy atom. The number of nitrogens with zero attached hydrogens (tertiary/aromatic N) is 1. The zero-order chi connectivity index (χ0) is 18.7. The van der Waals surface area contributed by atoms with Crippen LogP contribution in [0.15, 0.2) is 27.3 Å². The molecule has 6 nitrogen and oxygen atoms in total. The number of ether oxygens (including phenoxy) is 2. The van der Waals surface area contributed by atoms with E-state index in [1.165, 1.54) is 11.1 Å². The van der Waals surface area contributed by atoms with Crippen molar-refractivity contribution in [1.82, 2.24) is 10.2 Å². The molecule has 0 atom stereocenters. The molecule has 0 aliphatic carbocycles. The fourth-order valence-electron chi connectivity index (χ4n) is 3.21. The van der Waals surface area contributed by atoms with Gasteiger partial charge in [0.2, 0.25) is 0 Å². The topological polar surface area (TPSA) is 63.9 Å². The number of nitrogens with one attached hydrogen (secondary N) is 1. The van der Waals surface area contributed by atoms with Gasteiger partial charge < -0.3 is 19.2 Å². The Morgan fingerprint density at radius 1 is 1.23 bits per heavy atom. The summed E-state index contributed by atoms with van der Waals surface area (Å²) >= 11 is 3.25. The van der Waals surface area contributed by atoms with E-state index in [4.69, 9.17) is 13.9 Å². The van der Waals surface area contributed by atoms with E-state index in [0.29, 0.717) is 17.0 Å². The highest BCUT2D eigenvalue weighted by Gasteiger charge is 2.20. The highest BCUT2D eigenvalue weighted by molar-refractivity contribution is 9.10. The molecule has 1 aliphatic rings. The molecule has 0 fully saturated rings. The van der Waals surface area contributed by atoms with E-state index in [1.54, 1.807) is 20.3 Å². The summed E-state index contributed by atoms with van der Waals surface area (Å²) in [7, 11) is 3.30. The number of carbonyl (C=O) groups is 1. The lowest BCUT2D eigenvalue weighted by Crippen LogP contribution is -2.37. The number of methoxy groups -OCH3 is 2. The third-order valence-corrected chi connectivity index (χ3v) is 5.00. The average molecular weight is 423 g/mol. The minimum Gasteiger partial charge on any atom is -0.493 e. The number of aryl methyl sites for hydroxylation is 1. The Balaban J connectivity index is 1.56. The van der Waals surface area contributed by atoms with Gasteiger partial charge in [-0.25, -0.2) is 0 Å². The van der Waals surface area contributed by atoms with Gasteiger partial charge in [-0.3, -0.25) is 9.69 Å². The molecule has 1 aromatic heterocycles. The van der Waals surface area contributed by atoms with Gasteiger partial charge >= 0.3 is 0 Å². The van der Waals surface area contributed by atoms with Crippen LogP contribution in [0.1, 0.15) is 27.2 Å². The van der Waals surface area contributed by atoms with Gasteiger partial charge in [-0.1, -0.05) is 0 Å². The first-order chi connectivity index (χ1) is 12.5. The van der Waals surface area contributed by atoms with Crippen LogP contribution in [0.2, 0.25) is 0 Å². The first-order valence-electron chi connectivity index (χ1n) is 8.52. The summed E-state index contributed by atoms with van der Waals surface area (Å²) in [6, 6.07) is 5.89. The van der Waals surface area contributed by atoms with Crippen molar-refractivity contribution in [1.29, 1.82) is 0 Å². The number of furan rings is 1. The Kier molecular flexibility index (Phi) is 5.88. The second-order valence-corrected chi connectivity index (χ2v) is 7.10. The number of carbonyl (C=O) groups excluding carboxylic acids is 1. The second-order valence-electron chi connectivity index (χ2n) is 6.32.